The normalized spacial score (nSPS) is 37.1. The fourth-order valence-corrected chi connectivity index (χ4v) is 10.2. The fourth-order valence-electron chi connectivity index (χ4n) is 9.80. The van der Waals surface area contributed by atoms with E-state index in [2.05, 4.69) is 11.7 Å². The summed E-state index contributed by atoms with van der Waals surface area (Å²) >= 11 is 0. The van der Waals surface area contributed by atoms with Crippen LogP contribution in [0.5, 0.6) is 0 Å². The summed E-state index contributed by atoms with van der Waals surface area (Å²) in [6, 6.07) is 0. The average Bonchev–Trinajstić information content (AvgIpc) is 3.28. The molecule has 0 saturated heterocycles. The first-order valence-corrected chi connectivity index (χ1v) is 17.3. The van der Waals surface area contributed by atoms with Crippen molar-refractivity contribution in [2.24, 2.45) is 46.3 Å². The van der Waals surface area contributed by atoms with Gasteiger partial charge < -0.3 is 18.8 Å². The Morgan fingerprint density at radius 1 is 1.00 bits per heavy atom. The lowest BCUT2D eigenvalue weighted by atomic mass is 9.43. The van der Waals surface area contributed by atoms with Gasteiger partial charge in [-0.3, -0.25) is 19.2 Å². The second-order valence-electron chi connectivity index (χ2n) is 14.4. The van der Waals surface area contributed by atoms with Crippen LogP contribution < -0.4 is 0 Å². The molecule has 47 heavy (non-hydrogen) atoms. The van der Waals surface area contributed by atoms with E-state index in [0.29, 0.717) is 44.9 Å². The molecule has 4 rings (SSSR count). The quantitative estimate of drug-likeness (QED) is 0.134. The Labute approximate surface area is 270 Å². The molecule has 4 saturated carbocycles. The van der Waals surface area contributed by atoms with E-state index in [9.17, 15) is 54.1 Å². The summed E-state index contributed by atoms with van der Waals surface area (Å²) in [5, 5.41) is -5.94. The minimum Gasteiger partial charge on any atom is -0.743 e. The molecule has 4 aliphatic carbocycles. The number of halogens is 5. The number of rotatable bonds is 9. The van der Waals surface area contributed by atoms with Crippen molar-refractivity contribution in [2.45, 2.75) is 122 Å². The monoisotopic (exact) mass is 701 g/mol. The van der Waals surface area contributed by atoms with Crippen molar-refractivity contribution in [1.29, 1.82) is 0 Å². The standard InChI is InChI=1S/C31H43F5O10S/c1-15(6-9-25(40)46-27(30(32,33)34)31(35,36)47(41,42)43)20-7-8-21-26-22(14-24(29(20,21)5)45-17(3)38)28(4)11-10-19(39)12-18(28)13-23(26)44-16(2)37/h15,18,20-24,26-27H,6-14H2,1-5H3,(H,41,42,43)/p-1. The van der Waals surface area contributed by atoms with Crippen LogP contribution in [0.4, 0.5) is 22.0 Å². The number of ether oxygens (including phenoxy) is 3. The Balaban J connectivity index is 1.60. The maximum absolute atomic E-state index is 13.9. The van der Waals surface area contributed by atoms with E-state index in [-0.39, 0.29) is 47.2 Å². The molecule has 268 valence electrons. The topological polar surface area (TPSA) is 153 Å². The highest BCUT2D eigenvalue weighted by atomic mass is 32.2. The first-order valence-electron chi connectivity index (χ1n) is 15.9. The lowest BCUT2D eigenvalue weighted by Crippen LogP contribution is -2.63. The van der Waals surface area contributed by atoms with Crippen LogP contribution in [0.2, 0.25) is 0 Å². The van der Waals surface area contributed by atoms with Crippen LogP contribution in [0.1, 0.15) is 92.4 Å². The van der Waals surface area contributed by atoms with E-state index < -0.39 is 75.5 Å². The number of fused-ring (bicyclic) bond motifs is 5. The van der Waals surface area contributed by atoms with E-state index in [1.807, 2.05) is 6.92 Å². The number of Topliss-reactive ketones (excluding diaryl/α,β-unsaturated/α-hetero) is 1. The van der Waals surface area contributed by atoms with Gasteiger partial charge in [-0.1, -0.05) is 20.8 Å². The summed E-state index contributed by atoms with van der Waals surface area (Å²) in [6.07, 6.45) is -8.99. The Hall–Kier alpha value is -2.36. The molecule has 0 aromatic heterocycles. The number of ketones is 1. The molecule has 16 heteroatoms. The van der Waals surface area contributed by atoms with Crippen molar-refractivity contribution in [3.05, 3.63) is 0 Å². The molecular formula is C31H42F5O10S-. The van der Waals surface area contributed by atoms with Crippen molar-refractivity contribution in [3.63, 3.8) is 0 Å². The first-order chi connectivity index (χ1) is 21.4. The number of hydrogen-bond acceptors (Lipinski definition) is 10. The molecular weight excluding hydrogens is 659 g/mol. The summed E-state index contributed by atoms with van der Waals surface area (Å²) in [5.41, 5.74) is -1.02. The van der Waals surface area contributed by atoms with Gasteiger partial charge in [0.1, 0.15) is 18.0 Å². The molecule has 0 spiro atoms. The van der Waals surface area contributed by atoms with Crippen LogP contribution >= 0.6 is 0 Å². The van der Waals surface area contributed by atoms with Gasteiger partial charge >= 0.3 is 29.3 Å². The molecule has 0 aromatic carbocycles. The van der Waals surface area contributed by atoms with Crippen LogP contribution in [0.15, 0.2) is 0 Å². The maximum atomic E-state index is 13.9. The average molecular weight is 702 g/mol. The van der Waals surface area contributed by atoms with E-state index in [0.717, 1.165) is 0 Å². The molecule has 0 heterocycles. The van der Waals surface area contributed by atoms with Gasteiger partial charge in [0.05, 0.1) is 0 Å². The Kier molecular flexibility index (Phi) is 10.2. The van der Waals surface area contributed by atoms with Gasteiger partial charge in [-0.2, -0.15) is 22.0 Å². The molecule has 11 unspecified atom stereocenters. The summed E-state index contributed by atoms with van der Waals surface area (Å²) in [4.78, 5) is 49.6. The summed E-state index contributed by atoms with van der Waals surface area (Å²) in [5.74, 6) is -3.65. The molecule has 10 nitrogen and oxygen atoms in total. The van der Waals surface area contributed by atoms with Gasteiger partial charge in [0.2, 0.25) is 0 Å². The predicted molar refractivity (Wildman–Crippen MR) is 151 cm³/mol. The van der Waals surface area contributed by atoms with Gasteiger partial charge in [-0.25, -0.2) is 8.42 Å². The molecule has 11 atom stereocenters. The third-order valence-electron chi connectivity index (χ3n) is 11.9. The summed E-state index contributed by atoms with van der Waals surface area (Å²) < 4.78 is 116. The third-order valence-corrected chi connectivity index (χ3v) is 12.8. The van der Waals surface area contributed by atoms with E-state index in [4.69, 9.17) is 9.47 Å². The zero-order valence-electron chi connectivity index (χ0n) is 26.9. The zero-order chi connectivity index (χ0) is 35.5. The van der Waals surface area contributed by atoms with Crippen LogP contribution in [0.25, 0.3) is 0 Å². The number of alkyl halides is 5. The Morgan fingerprint density at radius 3 is 2.17 bits per heavy atom. The molecule has 0 radical (unpaired) electrons. The minimum atomic E-state index is -6.82. The summed E-state index contributed by atoms with van der Waals surface area (Å²) in [6.45, 7) is 8.44. The molecule has 4 fully saturated rings. The van der Waals surface area contributed by atoms with Gasteiger partial charge in [-0.15, -0.1) is 0 Å². The highest BCUT2D eigenvalue weighted by molar-refractivity contribution is 7.86. The van der Waals surface area contributed by atoms with Crippen LogP contribution in [0, 0.1) is 46.3 Å². The second kappa shape index (κ2) is 12.8. The van der Waals surface area contributed by atoms with Gasteiger partial charge in [-0.05, 0) is 73.5 Å². The van der Waals surface area contributed by atoms with Crippen molar-refractivity contribution in [2.75, 3.05) is 0 Å². The fraction of sp³-hybridized carbons (Fsp3) is 0.871. The third kappa shape index (κ3) is 6.91. The molecule has 0 N–H and O–H groups in total. The SMILES string of the molecule is CC(=O)OC1CC2CC(=O)CCC2(C)C2CC(OC(C)=O)C3(C)C(C(C)CCC(=O)OC(C(F)(F)F)C(F)(F)S(=O)(=O)[O-])CCC3C12. The van der Waals surface area contributed by atoms with Crippen molar-refractivity contribution >= 4 is 33.8 Å². The largest absolute Gasteiger partial charge is 0.743 e. The van der Waals surface area contributed by atoms with E-state index in [1.165, 1.54) is 13.8 Å². The van der Waals surface area contributed by atoms with Crippen LogP contribution in [-0.2, 0) is 43.5 Å². The van der Waals surface area contributed by atoms with Crippen LogP contribution in [0.3, 0.4) is 0 Å². The predicted octanol–water partition coefficient (Wildman–Crippen LogP) is 5.33. The minimum absolute atomic E-state index is 0.0247. The lowest BCUT2D eigenvalue weighted by Gasteiger charge is -2.63. The number of carbonyl (C=O) groups excluding carboxylic acids is 4. The maximum Gasteiger partial charge on any atom is 0.432 e. The van der Waals surface area contributed by atoms with Gasteiger partial charge in [0, 0.05) is 44.4 Å². The van der Waals surface area contributed by atoms with Crippen molar-refractivity contribution in [1.82, 2.24) is 0 Å². The highest BCUT2D eigenvalue weighted by Gasteiger charge is 2.68. The van der Waals surface area contributed by atoms with E-state index >= 15 is 0 Å². The van der Waals surface area contributed by atoms with E-state index in [1.54, 1.807) is 6.92 Å². The lowest BCUT2D eigenvalue weighted by molar-refractivity contribution is -0.259. The van der Waals surface area contributed by atoms with Gasteiger partial charge in [0.15, 0.2) is 10.1 Å². The molecule has 0 aromatic rings. The first kappa shape index (κ1) is 37.5. The van der Waals surface area contributed by atoms with Crippen LogP contribution in [-0.4, -0.2) is 66.4 Å². The number of esters is 3. The zero-order valence-corrected chi connectivity index (χ0v) is 27.8. The highest BCUT2D eigenvalue weighted by Crippen LogP contribution is 2.69. The molecule has 0 amide bonds. The second-order valence-corrected chi connectivity index (χ2v) is 15.9. The summed E-state index contributed by atoms with van der Waals surface area (Å²) in [7, 11) is -6.82. The van der Waals surface area contributed by atoms with Gasteiger partial charge in [0.25, 0.3) is 6.10 Å². The molecule has 0 bridgehead atoms. The number of hydrogen-bond donors (Lipinski definition) is 0. The van der Waals surface area contributed by atoms with Crippen molar-refractivity contribution in [3.8, 4) is 0 Å². The molecule has 4 aliphatic rings. The molecule has 0 aliphatic heterocycles. The number of carbonyl (C=O) groups is 4. The smallest absolute Gasteiger partial charge is 0.432 e. The Morgan fingerprint density at radius 2 is 1.62 bits per heavy atom. The Bertz CT molecular complexity index is 1370. The van der Waals surface area contributed by atoms with Crippen molar-refractivity contribution < 1.29 is 68.3 Å².